The summed E-state index contributed by atoms with van der Waals surface area (Å²) in [6, 6.07) is 18.4. The molecule has 0 bridgehead atoms. The molecule has 1 aliphatic rings. The first kappa shape index (κ1) is 22.8. The van der Waals surface area contributed by atoms with Crippen molar-refractivity contribution in [3.8, 4) is 0 Å². The fraction of sp³-hybridized carbons (Fsp3) is 0.174. The fourth-order valence-electron chi connectivity index (χ4n) is 3.63. The van der Waals surface area contributed by atoms with Crippen molar-refractivity contribution in [1.29, 1.82) is 0 Å². The minimum atomic E-state index is -3.89. The molecule has 0 radical (unpaired) electrons. The Labute approximate surface area is 197 Å². The highest BCUT2D eigenvalue weighted by Gasteiger charge is 2.43. The van der Waals surface area contributed by atoms with Gasteiger partial charge in [-0.2, -0.15) is 4.31 Å². The van der Waals surface area contributed by atoms with Gasteiger partial charge in [-0.3, -0.25) is 0 Å². The SMILES string of the molecule is COC(=O)c1cccc(COC2CN(c3c(Cl)cccc3Cl)[S+](=O)([O-])c3ccccc32)c1. The van der Waals surface area contributed by atoms with Crippen molar-refractivity contribution in [1.82, 2.24) is 0 Å². The summed E-state index contributed by atoms with van der Waals surface area (Å²) in [6.45, 7) is 0.160. The summed E-state index contributed by atoms with van der Waals surface area (Å²) >= 11 is 12.6. The van der Waals surface area contributed by atoms with E-state index < -0.39 is 22.5 Å². The van der Waals surface area contributed by atoms with Gasteiger partial charge in [-0.15, -0.1) is 0 Å². The number of para-hydroxylation sites is 1. The zero-order chi connectivity index (χ0) is 22.9. The number of hydrogen-bond donors (Lipinski definition) is 0. The van der Waals surface area contributed by atoms with Crippen LogP contribution in [0.15, 0.2) is 71.6 Å². The van der Waals surface area contributed by atoms with Crippen molar-refractivity contribution in [2.45, 2.75) is 17.6 Å². The number of fused-ring (bicyclic) bond motifs is 1. The third kappa shape index (κ3) is 4.27. The van der Waals surface area contributed by atoms with Crippen molar-refractivity contribution in [2.75, 3.05) is 18.0 Å². The number of ether oxygens (including phenoxy) is 2. The molecular weight excluding hydrogens is 473 g/mol. The number of hydrogen-bond acceptors (Lipinski definition) is 5. The van der Waals surface area contributed by atoms with Crippen molar-refractivity contribution in [3.63, 3.8) is 0 Å². The number of anilines is 1. The standard InChI is InChI=1S/C23H19Cl2NO5S/c1-30-23(27)16-7-4-6-15(12-16)14-31-20-13-26(22-18(24)9-5-10-19(22)25)32(28,29)21-11-3-2-8-17(20)21/h2-12,20H,13-14H2,1H3. The number of methoxy groups -OCH3 is 1. The van der Waals surface area contributed by atoms with Crippen LogP contribution in [0.4, 0.5) is 5.69 Å². The van der Waals surface area contributed by atoms with Crippen LogP contribution in [0.1, 0.15) is 27.6 Å². The lowest BCUT2D eigenvalue weighted by molar-refractivity contribution is 0.0423. The van der Waals surface area contributed by atoms with E-state index in [2.05, 4.69) is 0 Å². The van der Waals surface area contributed by atoms with Gasteiger partial charge < -0.3 is 14.0 Å². The average molecular weight is 492 g/mol. The molecule has 9 heteroatoms. The summed E-state index contributed by atoms with van der Waals surface area (Å²) in [4.78, 5) is 11.9. The van der Waals surface area contributed by atoms with Crippen LogP contribution in [0.2, 0.25) is 10.0 Å². The first-order valence-corrected chi connectivity index (χ1v) is 11.9. The Morgan fingerprint density at radius 3 is 2.50 bits per heavy atom. The summed E-state index contributed by atoms with van der Waals surface area (Å²) in [5.74, 6) is -0.444. The van der Waals surface area contributed by atoms with Crippen LogP contribution < -0.4 is 4.31 Å². The molecule has 0 fully saturated rings. The smallest absolute Gasteiger partial charge is 0.337 e. The van der Waals surface area contributed by atoms with Gasteiger partial charge in [0.25, 0.3) is 0 Å². The molecule has 2 atom stereocenters. The lowest BCUT2D eigenvalue weighted by Gasteiger charge is -2.38. The third-order valence-corrected chi connectivity index (χ3v) is 7.60. The van der Waals surface area contributed by atoms with Crippen LogP contribution in [-0.4, -0.2) is 24.2 Å². The number of benzene rings is 3. The van der Waals surface area contributed by atoms with Crippen molar-refractivity contribution in [3.05, 3.63) is 93.5 Å². The zero-order valence-electron chi connectivity index (χ0n) is 17.0. The van der Waals surface area contributed by atoms with Gasteiger partial charge in [0, 0.05) is 5.56 Å². The molecule has 0 saturated heterocycles. The highest BCUT2D eigenvalue weighted by molar-refractivity contribution is 7.99. The Kier molecular flexibility index (Phi) is 6.55. The molecule has 166 valence electrons. The lowest BCUT2D eigenvalue weighted by atomic mass is 10.1. The Bertz CT molecular complexity index is 1200. The molecule has 4 rings (SSSR count). The quantitative estimate of drug-likeness (QED) is 0.349. The number of halogens is 2. The van der Waals surface area contributed by atoms with Crippen LogP contribution >= 0.6 is 23.2 Å². The highest BCUT2D eigenvalue weighted by Crippen LogP contribution is 2.44. The van der Waals surface area contributed by atoms with Crippen LogP contribution in [0.3, 0.4) is 0 Å². The van der Waals surface area contributed by atoms with E-state index in [-0.39, 0.29) is 33.8 Å². The van der Waals surface area contributed by atoms with Gasteiger partial charge in [-0.05, 0) is 35.9 Å². The van der Waals surface area contributed by atoms with Crippen LogP contribution in [0, 0.1) is 0 Å². The molecule has 0 N–H and O–H groups in total. The number of carbonyl (C=O) groups excluding carboxylic acids is 1. The molecule has 0 amide bonds. The fourth-order valence-corrected chi connectivity index (χ4v) is 6.09. The first-order valence-electron chi connectivity index (χ1n) is 9.67. The second kappa shape index (κ2) is 9.21. The van der Waals surface area contributed by atoms with E-state index in [0.29, 0.717) is 11.1 Å². The van der Waals surface area contributed by atoms with Gasteiger partial charge in [0.15, 0.2) is 15.3 Å². The summed E-state index contributed by atoms with van der Waals surface area (Å²) in [5, 5.41) is 0.454. The molecule has 0 aliphatic carbocycles. The van der Waals surface area contributed by atoms with Crippen molar-refractivity contribution < 1.29 is 23.0 Å². The van der Waals surface area contributed by atoms with Gasteiger partial charge in [-0.25, -0.2) is 4.79 Å². The number of carbonyl (C=O) groups is 1. The Hall–Kier alpha value is -2.42. The van der Waals surface area contributed by atoms with E-state index in [1.807, 2.05) is 6.07 Å². The second-order valence-electron chi connectivity index (χ2n) is 7.14. The third-order valence-electron chi connectivity index (χ3n) is 5.15. The minimum Gasteiger partial charge on any atom is -0.588 e. The van der Waals surface area contributed by atoms with Gasteiger partial charge in [0.05, 0.1) is 35.9 Å². The summed E-state index contributed by atoms with van der Waals surface area (Å²) in [5.41, 5.74) is 1.92. The number of rotatable bonds is 5. The summed E-state index contributed by atoms with van der Waals surface area (Å²) in [6.07, 6.45) is -0.580. The Morgan fingerprint density at radius 1 is 1.09 bits per heavy atom. The summed E-state index contributed by atoms with van der Waals surface area (Å²) in [7, 11) is -2.58. The number of sulfonamides is 1. The molecule has 0 aromatic heterocycles. The van der Waals surface area contributed by atoms with E-state index >= 15 is 0 Å². The molecule has 3 aromatic carbocycles. The Morgan fingerprint density at radius 2 is 1.78 bits per heavy atom. The molecule has 32 heavy (non-hydrogen) atoms. The maximum absolute atomic E-state index is 13.4. The summed E-state index contributed by atoms with van der Waals surface area (Å²) < 4.78 is 38.9. The van der Waals surface area contributed by atoms with Gasteiger partial charge >= 0.3 is 5.97 Å². The van der Waals surface area contributed by atoms with E-state index in [4.69, 9.17) is 32.7 Å². The second-order valence-corrected chi connectivity index (χ2v) is 9.78. The molecule has 0 spiro atoms. The van der Waals surface area contributed by atoms with E-state index in [1.165, 1.54) is 17.5 Å². The predicted octanol–water partition coefficient (Wildman–Crippen LogP) is 5.46. The molecule has 6 nitrogen and oxygen atoms in total. The maximum Gasteiger partial charge on any atom is 0.337 e. The molecule has 3 aromatic rings. The molecule has 1 aliphatic heterocycles. The maximum atomic E-state index is 13.4. The van der Waals surface area contributed by atoms with Gasteiger partial charge in [0.1, 0.15) is 11.8 Å². The molecule has 1 heterocycles. The van der Waals surface area contributed by atoms with Crippen LogP contribution in [0.5, 0.6) is 0 Å². The normalized spacial score (nSPS) is 20.0. The minimum absolute atomic E-state index is 0.000504. The number of esters is 1. The van der Waals surface area contributed by atoms with Crippen molar-refractivity contribution >= 4 is 45.3 Å². The largest absolute Gasteiger partial charge is 0.588 e. The number of nitrogens with zero attached hydrogens (tertiary/aromatic N) is 1. The first-order chi connectivity index (χ1) is 15.3. The van der Waals surface area contributed by atoms with Gasteiger partial charge in [-0.1, -0.05) is 63.8 Å². The molecule has 2 unspecified atom stereocenters. The van der Waals surface area contributed by atoms with E-state index in [1.54, 1.807) is 54.6 Å². The van der Waals surface area contributed by atoms with Crippen LogP contribution in [-0.2, 0) is 30.7 Å². The predicted molar refractivity (Wildman–Crippen MR) is 123 cm³/mol. The van der Waals surface area contributed by atoms with E-state index in [9.17, 15) is 13.6 Å². The lowest BCUT2D eigenvalue weighted by Crippen LogP contribution is -2.45. The van der Waals surface area contributed by atoms with Crippen molar-refractivity contribution in [2.24, 2.45) is 0 Å². The molecule has 0 saturated carbocycles. The van der Waals surface area contributed by atoms with E-state index in [0.717, 1.165) is 5.56 Å². The zero-order valence-corrected chi connectivity index (χ0v) is 19.3. The average Bonchev–Trinajstić information content (AvgIpc) is 2.79. The highest BCUT2D eigenvalue weighted by atomic mass is 35.5. The topological polar surface area (TPSA) is 78.9 Å². The van der Waals surface area contributed by atoms with Gasteiger partial charge in [0.2, 0.25) is 0 Å². The molecular formula is C23H19Cl2NO5S. The van der Waals surface area contributed by atoms with Crippen LogP contribution in [0.25, 0.3) is 0 Å². The monoisotopic (exact) mass is 491 g/mol. The Balaban J connectivity index is 1.68.